The fourth-order valence-electron chi connectivity index (χ4n) is 2.23. The molecule has 0 aliphatic heterocycles. The summed E-state index contributed by atoms with van der Waals surface area (Å²) in [6, 6.07) is 11.8. The van der Waals surface area contributed by atoms with E-state index in [-0.39, 0.29) is 0 Å². The molecule has 27 heavy (non-hydrogen) atoms. The quantitative estimate of drug-likeness (QED) is 0.324. The van der Waals surface area contributed by atoms with Gasteiger partial charge in [-0.2, -0.15) is 0 Å². The number of nitrogens with zero attached hydrogens (tertiary/aromatic N) is 2. The van der Waals surface area contributed by atoms with Gasteiger partial charge < -0.3 is 13.5 Å². The van der Waals surface area contributed by atoms with Gasteiger partial charge in [0.25, 0.3) is 0 Å². The first-order valence-electron chi connectivity index (χ1n) is 7.72. The van der Waals surface area contributed by atoms with Crippen molar-refractivity contribution in [2.45, 2.75) is 12.6 Å². The molecule has 0 radical (unpaired) electrons. The summed E-state index contributed by atoms with van der Waals surface area (Å²) in [5.74, 6) is 0.320. The minimum Gasteiger partial charge on any atom is -0.445 e. The first kappa shape index (κ1) is 19.9. The predicted molar refractivity (Wildman–Crippen MR) is 108 cm³/mol. The minimum atomic E-state index is -0.610. The number of imidazole rings is 1. The summed E-state index contributed by atoms with van der Waals surface area (Å²) in [7, 11) is 0. The number of hydrogen-bond donors (Lipinski definition) is 0. The molecule has 3 aromatic rings. The minimum absolute atomic E-state index is 0.301. The van der Waals surface area contributed by atoms with Crippen molar-refractivity contribution >= 4 is 52.1 Å². The summed E-state index contributed by atoms with van der Waals surface area (Å²) in [4.78, 5) is 16.3. The zero-order chi connectivity index (χ0) is 19.2. The Kier molecular flexibility index (Phi) is 6.90. The zero-order valence-electron chi connectivity index (χ0n) is 13.7. The van der Waals surface area contributed by atoms with Gasteiger partial charge in [-0.15, -0.1) is 0 Å². The van der Waals surface area contributed by atoms with E-state index in [1.165, 1.54) is 6.07 Å². The van der Waals surface area contributed by atoms with Crippen molar-refractivity contribution in [3.05, 3.63) is 81.8 Å². The van der Waals surface area contributed by atoms with Crippen LogP contribution in [-0.2, 0) is 11.3 Å². The summed E-state index contributed by atoms with van der Waals surface area (Å²) in [6.45, 7) is 0.398. The maximum absolute atomic E-state index is 12.3. The zero-order valence-corrected chi connectivity index (χ0v) is 16.8. The lowest BCUT2D eigenvalue weighted by atomic mass is 10.1. The lowest BCUT2D eigenvalue weighted by Crippen LogP contribution is -2.14. The van der Waals surface area contributed by atoms with Crippen LogP contribution in [0.5, 0.6) is 5.75 Å². The molecule has 0 saturated heterocycles. The number of aromatic nitrogens is 2. The molecular weight excluding hydrogens is 431 g/mol. The molecule has 1 aromatic heterocycles. The highest BCUT2D eigenvalue weighted by Gasteiger charge is 2.19. The maximum atomic E-state index is 12.3. The maximum Gasteiger partial charge on any atom is 0.407 e. The van der Waals surface area contributed by atoms with Gasteiger partial charge in [0, 0.05) is 22.4 Å². The van der Waals surface area contributed by atoms with Crippen LogP contribution in [0.25, 0.3) is 0 Å². The van der Waals surface area contributed by atoms with E-state index in [1.807, 2.05) is 4.57 Å². The number of benzene rings is 2. The Bertz CT molecular complexity index is 905. The number of rotatable bonds is 6. The van der Waals surface area contributed by atoms with Crippen LogP contribution in [-0.4, -0.2) is 14.9 Å². The normalized spacial score (nSPS) is 11.8. The topological polar surface area (TPSA) is 53.4 Å². The van der Waals surface area contributed by atoms with Crippen molar-refractivity contribution in [2.75, 3.05) is 0 Å². The van der Waals surface area contributed by atoms with Crippen LogP contribution in [0.3, 0.4) is 0 Å². The van der Waals surface area contributed by atoms with Crippen LogP contribution in [0.2, 0.25) is 15.1 Å². The molecule has 3 rings (SSSR count). The highest BCUT2D eigenvalue weighted by Crippen LogP contribution is 2.31. The van der Waals surface area contributed by atoms with Gasteiger partial charge in [-0.05, 0) is 35.9 Å². The summed E-state index contributed by atoms with van der Waals surface area (Å²) in [5.41, 5.74) is 0.798. The summed E-state index contributed by atoms with van der Waals surface area (Å²) < 4.78 is 12.7. The third-order valence-electron chi connectivity index (χ3n) is 3.51. The van der Waals surface area contributed by atoms with E-state index in [1.54, 1.807) is 55.1 Å². The molecule has 2 aromatic carbocycles. The van der Waals surface area contributed by atoms with E-state index in [2.05, 4.69) is 4.98 Å². The fourth-order valence-corrected chi connectivity index (χ4v) is 3.31. The van der Waals surface area contributed by atoms with Gasteiger partial charge in [0.15, 0.2) is 17.8 Å². The molecule has 9 heteroatoms. The molecule has 0 bridgehead atoms. The standard InChI is InChI=1S/C18H13Cl3N2O3S/c19-13-3-1-12(2-4-13)17(10-23-8-7-22-11-23)25-18(24)27-26-16-6-5-14(20)9-15(16)21/h1-9,11,17H,10H2. The summed E-state index contributed by atoms with van der Waals surface area (Å²) in [5, 5.41) is 0.765. The molecular formula is C18H13Cl3N2O3S. The Balaban J connectivity index is 1.67. The van der Waals surface area contributed by atoms with Crippen molar-refractivity contribution < 1.29 is 13.7 Å². The Morgan fingerprint density at radius 2 is 1.85 bits per heavy atom. The monoisotopic (exact) mass is 442 g/mol. The predicted octanol–water partition coefficient (Wildman–Crippen LogP) is 6.45. The molecule has 0 spiro atoms. The van der Waals surface area contributed by atoms with Crippen LogP contribution in [0.15, 0.2) is 61.2 Å². The van der Waals surface area contributed by atoms with Gasteiger partial charge in [0.05, 0.1) is 17.9 Å². The first-order valence-corrected chi connectivity index (χ1v) is 9.60. The number of ether oxygens (including phenoxy) is 1. The van der Waals surface area contributed by atoms with Gasteiger partial charge in [-0.1, -0.05) is 46.9 Å². The lowest BCUT2D eigenvalue weighted by Gasteiger charge is -2.18. The van der Waals surface area contributed by atoms with Gasteiger partial charge >= 0.3 is 5.30 Å². The molecule has 0 fully saturated rings. The second kappa shape index (κ2) is 9.37. The third kappa shape index (κ3) is 5.81. The smallest absolute Gasteiger partial charge is 0.407 e. The Labute approximate surface area is 175 Å². The van der Waals surface area contributed by atoms with E-state index in [4.69, 9.17) is 43.7 Å². The number of hydrogen-bond acceptors (Lipinski definition) is 5. The van der Waals surface area contributed by atoms with E-state index in [9.17, 15) is 4.79 Å². The highest BCUT2D eigenvalue weighted by molar-refractivity contribution is 8.09. The van der Waals surface area contributed by atoms with Gasteiger partial charge in [-0.25, -0.2) is 9.78 Å². The molecule has 140 valence electrons. The number of carbonyl (C=O) groups is 1. The van der Waals surface area contributed by atoms with E-state index in [0.29, 0.717) is 39.4 Å². The summed E-state index contributed by atoms with van der Waals surface area (Å²) >= 11 is 18.4. The van der Waals surface area contributed by atoms with E-state index >= 15 is 0 Å². The summed E-state index contributed by atoms with van der Waals surface area (Å²) in [6.07, 6.45) is 4.55. The van der Waals surface area contributed by atoms with Crippen molar-refractivity contribution in [3.63, 3.8) is 0 Å². The molecule has 1 heterocycles. The fraction of sp³-hybridized carbons (Fsp3) is 0.111. The van der Waals surface area contributed by atoms with Crippen molar-refractivity contribution in [1.29, 1.82) is 0 Å². The molecule has 0 aliphatic carbocycles. The number of carbonyl (C=O) groups excluding carboxylic acids is 1. The van der Waals surface area contributed by atoms with Crippen molar-refractivity contribution in [1.82, 2.24) is 9.55 Å². The largest absolute Gasteiger partial charge is 0.445 e. The van der Waals surface area contributed by atoms with Crippen molar-refractivity contribution in [3.8, 4) is 5.75 Å². The van der Waals surface area contributed by atoms with Crippen LogP contribution < -0.4 is 4.18 Å². The second-order valence-electron chi connectivity index (χ2n) is 5.41. The van der Waals surface area contributed by atoms with E-state index in [0.717, 1.165) is 5.56 Å². The second-order valence-corrected chi connectivity index (χ2v) is 7.36. The molecule has 0 amide bonds. The van der Waals surface area contributed by atoms with Gasteiger partial charge in [0.2, 0.25) is 0 Å². The lowest BCUT2D eigenvalue weighted by molar-refractivity contribution is 0.110. The Morgan fingerprint density at radius 1 is 1.11 bits per heavy atom. The van der Waals surface area contributed by atoms with Gasteiger partial charge in [0.1, 0.15) is 6.10 Å². The molecule has 1 unspecified atom stereocenters. The van der Waals surface area contributed by atoms with Crippen molar-refractivity contribution in [2.24, 2.45) is 0 Å². The molecule has 0 saturated carbocycles. The average Bonchev–Trinajstić information content (AvgIpc) is 3.14. The van der Waals surface area contributed by atoms with Crippen LogP contribution >= 0.6 is 46.8 Å². The van der Waals surface area contributed by atoms with Crippen LogP contribution in [0.4, 0.5) is 4.79 Å². The highest BCUT2D eigenvalue weighted by atomic mass is 35.5. The SMILES string of the molecule is O=C(OC(Cn1ccnc1)c1ccc(Cl)cc1)SOc1ccc(Cl)cc1Cl. The molecule has 5 nitrogen and oxygen atoms in total. The van der Waals surface area contributed by atoms with E-state index < -0.39 is 11.4 Å². The van der Waals surface area contributed by atoms with Crippen LogP contribution in [0.1, 0.15) is 11.7 Å². The molecule has 0 aliphatic rings. The Morgan fingerprint density at radius 3 is 2.52 bits per heavy atom. The Hall–Kier alpha value is -1.86. The van der Waals surface area contributed by atoms with Crippen LogP contribution in [0, 0.1) is 0 Å². The third-order valence-corrected chi connectivity index (χ3v) is 4.79. The first-order chi connectivity index (χ1) is 13.0. The molecule has 1 atom stereocenters. The average molecular weight is 444 g/mol. The van der Waals surface area contributed by atoms with Gasteiger partial charge in [-0.3, -0.25) is 0 Å². The molecule has 0 N–H and O–H groups in total. The number of halogens is 3.